The lowest BCUT2D eigenvalue weighted by atomic mass is 9.37. The van der Waals surface area contributed by atoms with Crippen LogP contribution in [0.4, 0.5) is 0 Å². The lowest BCUT2D eigenvalue weighted by molar-refractivity contribution is -0.170. The highest BCUT2D eigenvalue weighted by Crippen LogP contribution is 2.72. The van der Waals surface area contributed by atoms with E-state index in [0.29, 0.717) is 35.0 Å². The van der Waals surface area contributed by atoms with Crippen LogP contribution >= 0.6 is 0 Å². The number of hydrogen-bond donors (Lipinski definition) is 2. The standard InChI is InChI=1S/C43H68N2O4S/c1-28(2)32-16-21-43(44-24-27-45-25-18-31(19-26-45)50(7,48)49)23-22-41(5)34-14-15-37-40(3,4)33(29-8-10-30(11-9-29)39(46)47)17-20-42(37,6)35(34)12-13-36(41)38(32)43/h8,17,30-32,34-38,44H,1,9-16,18-27H2,2-7H3,(H,46,47)/t30-,32+,34?,35+,36-,37+,38-,41+,42-,43+/m1/s1. The van der Waals surface area contributed by atoms with Gasteiger partial charge in [-0.05, 0) is 173 Å². The summed E-state index contributed by atoms with van der Waals surface area (Å²) >= 11 is 0. The first-order chi connectivity index (χ1) is 23.5. The fraction of sp³-hybridized carbons (Fsp3) is 0.837. The summed E-state index contributed by atoms with van der Waals surface area (Å²) in [6.45, 7) is 21.1. The second-order valence-electron chi connectivity index (χ2n) is 19.6. The Labute approximate surface area is 304 Å². The van der Waals surface area contributed by atoms with E-state index in [1.54, 1.807) is 0 Å². The highest BCUT2D eigenvalue weighted by Gasteiger charge is 2.66. The van der Waals surface area contributed by atoms with Crippen LogP contribution in [0.25, 0.3) is 0 Å². The third-order valence-electron chi connectivity index (χ3n) is 17.0. The summed E-state index contributed by atoms with van der Waals surface area (Å²) in [5.74, 6) is 3.33. The van der Waals surface area contributed by atoms with Gasteiger partial charge in [0.15, 0.2) is 0 Å². The number of fused-ring (bicyclic) bond motifs is 7. The molecule has 1 heterocycles. The molecule has 1 unspecified atom stereocenters. The summed E-state index contributed by atoms with van der Waals surface area (Å²) in [4.78, 5) is 14.1. The van der Waals surface area contributed by atoms with Crippen LogP contribution in [0.2, 0.25) is 0 Å². The van der Waals surface area contributed by atoms with Crippen molar-refractivity contribution in [2.45, 2.75) is 135 Å². The van der Waals surface area contributed by atoms with E-state index in [9.17, 15) is 18.3 Å². The summed E-state index contributed by atoms with van der Waals surface area (Å²) in [6.07, 6.45) is 21.8. The zero-order chi connectivity index (χ0) is 35.9. The maximum Gasteiger partial charge on any atom is 0.306 e. The van der Waals surface area contributed by atoms with E-state index < -0.39 is 15.8 Å². The Morgan fingerprint density at radius 2 is 1.60 bits per heavy atom. The fourth-order valence-electron chi connectivity index (χ4n) is 14.4. The van der Waals surface area contributed by atoms with Crippen LogP contribution in [-0.2, 0) is 14.6 Å². The Kier molecular flexibility index (Phi) is 9.70. The number of carboxylic acids is 1. The number of nitrogens with one attached hydrogen (secondary N) is 1. The molecule has 2 N–H and O–H groups in total. The number of nitrogens with zero attached hydrogens (tertiary/aromatic N) is 1. The predicted molar refractivity (Wildman–Crippen MR) is 203 cm³/mol. The quantitative estimate of drug-likeness (QED) is 0.246. The predicted octanol–water partition coefficient (Wildman–Crippen LogP) is 8.45. The zero-order valence-corrected chi connectivity index (χ0v) is 33.1. The van der Waals surface area contributed by atoms with Gasteiger partial charge in [-0.3, -0.25) is 4.79 Å². The third kappa shape index (κ3) is 6.03. The van der Waals surface area contributed by atoms with Crippen molar-refractivity contribution in [3.05, 3.63) is 35.5 Å². The fourth-order valence-corrected chi connectivity index (χ4v) is 15.5. The van der Waals surface area contributed by atoms with Gasteiger partial charge in [-0.25, -0.2) is 8.42 Å². The molecule has 0 radical (unpaired) electrons. The summed E-state index contributed by atoms with van der Waals surface area (Å²) in [5.41, 5.74) is 5.35. The normalized spacial score (nSPS) is 43.4. The molecule has 0 bridgehead atoms. The van der Waals surface area contributed by atoms with Crippen LogP contribution in [0.5, 0.6) is 0 Å². The van der Waals surface area contributed by atoms with Crippen LogP contribution in [0.15, 0.2) is 35.5 Å². The van der Waals surface area contributed by atoms with Gasteiger partial charge in [0, 0.05) is 24.9 Å². The van der Waals surface area contributed by atoms with E-state index in [1.165, 1.54) is 80.8 Å². The van der Waals surface area contributed by atoms with Crippen LogP contribution < -0.4 is 5.32 Å². The van der Waals surface area contributed by atoms with Crippen molar-refractivity contribution in [3.8, 4) is 0 Å². The zero-order valence-electron chi connectivity index (χ0n) is 32.2. The van der Waals surface area contributed by atoms with E-state index in [2.05, 4.69) is 63.6 Å². The second-order valence-corrected chi connectivity index (χ2v) is 21.9. The molecule has 1 saturated heterocycles. The summed E-state index contributed by atoms with van der Waals surface area (Å²) in [6, 6.07) is 0. The lowest BCUT2D eigenvalue weighted by Gasteiger charge is -2.68. The molecule has 7 heteroatoms. The number of allylic oxidation sites excluding steroid dienone is 5. The van der Waals surface area contributed by atoms with Gasteiger partial charge in [0.25, 0.3) is 0 Å². The van der Waals surface area contributed by atoms with Crippen LogP contribution in [-0.4, -0.2) is 67.6 Å². The molecule has 4 saturated carbocycles. The summed E-state index contributed by atoms with van der Waals surface area (Å²) in [5, 5.41) is 13.7. The topological polar surface area (TPSA) is 86.7 Å². The van der Waals surface area contributed by atoms with E-state index in [4.69, 9.17) is 0 Å². The van der Waals surface area contributed by atoms with Gasteiger partial charge in [-0.1, -0.05) is 52.0 Å². The Balaban J connectivity index is 1.08. The first-order valence-corrected chi connectivity index (χ1v) is 22.4. The molecular weight excluding hydrogens is 641 g/mol. The van der Waals surface area contributed by atoms with Crippen LogP contribution in [0.1, 0.15) is 125 Å². The number of hydrogen-bond acceptors (Lipinski definition) is 5. The Morgan fingerprint density at radius 1 is 0.920 bits per heavy atom. The number of carbonyl (C=O) groups is 1. The van der Waals surface area contributed by atoms with Crippen molar-refractivity contribution in [2.75, 3.05) is 32.4 Å². The van der Waals surface area contributed by atoms with Gasteiger partial charge >= 0.3 is 5.97 Å². The van der Waals surface area contributed by atoms with Gasteiger partial charge < -0.3 is 15.3 Å². The Hall–Kier alpha value is -1.44. The molecule has 5 fully saturated rings. The maximum absolute atomic E-state index is 12.1. The second kappa shape index (κ2) is 13.1. The summed E-state index contributed by atoms with van der Waals surface area (Å²) in [7, 11) is -2.94. The van der Waals surface area contributed by atoms with Crippen molar-refractivity contribution in [2.24, 2.45) is 57.7 Å². The molecule has 1 aliphatic heterocycles. The highest BCUT2D eigenvalue weighted by molar-refractivity contribution is 7.91. The molecule has 0 spiro atoms. The molecule has 10 atom stereocenters. The average Bonchev–Trinajstić information content (AvgIpc) is 3.44. The molecule has 0 aromatic carbocycles. The molecule has 0 aromatic heterocycles. The number of rotatable bonds is 8. The minimum Gasteiger partial charge on any atom is -0.481 e. The van der Waals surface area contributed by atoms with Gasteiger partial charge in [0.2, 0.25) is 0 Å². The maximum atomic E-state index is 12.1. The minimum atomic E-state index is -2.94. The molecule has 0 amide bonds. The van der Waals surface area contributed by atoms with Gasteiger partial charge in [-0.2, -0.15) is 0 Å². The van der Waals surface area contributed by atoms with Gasteiger partial charge in [-0.15, -0.1) is 0 Å². The average molecular weight is 709 g/mol. The van der Waals surface area contributed by atoms with Crippen molar-refractivity contribution in [1.82, 2.24) is 10.2 Å². The molecule has 280 valence electrons. The molecule has 50 heavy (non-hydrogen) atoms. The van der Waals surface area contributed by atoms with Crippen LogP contribution in [0, 0.1) is 57.7 Å². The van der Waals surface area contributed by atoms with Crippen LogP contribution in [0.3, 0.4) is 0 Å². The third-order valence-corrected chi connectivity index (χ3v) is 18.7. The molecule has 7 rings (SSSR count). The molecule has 0 aromatic rings. The van der Waals surface area contributed by atoms with Gasteiger partial charge in [0.05, 0.1) is 11.2 Å². The van der Waals surface area contributed by atoms with E-state index in [-0.39, 0.29) is 22.1 Å². The van der Waals surface area contributed by atoms with Crippen molar-refractivity contribution in [3.63, 3.8) is 0 Å². The highest BCUT2D eigenvalue weighted by atomic mass is 32.2. The molecule has 7 aliphatic rings. The number of aliphatic carboxylic acids is 1. The van der Waals surface area contributed by atoms with Crippen molar-refractivity contribution < 1.29 is 18.3 Å². The van der Waals surface area contributed by atoms with Crippen molar-refractivity contribution >= 4 is 15.8 Å². The monoisotopic (exact) mass is 708 g/mol. The molecule has 6 aliphatic carbocycles. The molecule has 6 nitrogen and oxygen atoms in total. The van der Waals surface area contributed by atoms with Crippen molar-refractivity contribution in [1.29, 1.82) is 0 Å². The SMILES string of the molecule is C=C(C)[C@@H]1CC[C@]2(NCCN3CCC(S(C)(=O)=O)CC3)CC[C@@]3(C)C4CC[C@H]5C(C)(C)C(C6=CC[C@@H](C(=O)O)CC6)=CC[C@]5(C)[C@H]4CC[C@@H]3[C@@H]12. The lowest BCUT2D eigenvalue weighted by Crippen LogP contribution is -2.65. The largest absolute Gasteiger partial charge is 0.481 e. The number of sulfone groups is 1. The Bertz CT molecular complexity index is 1520. The van der Waals surface area contributed by atoms with Gasteiger partial charge in [0.1, 0.15) is 9.84 Å². The van der Waals surface area contributed by atoms with E-state index >= 15 is 0 Å². The first kappa shape index (κ1) is 36.9. The molecular formula is C43H68N2O4S. The number of likely N-dealkylation sites (tertiary alicyclic amines) is 1. The number of piperidine rings is 1. The minimum absolute atomic E-state index is 0.111. The van der Waals surface area contributed by atoms with E-state index in [1.807, 2.05) is 0 Å². The smallest absolute Gasteiger partial charge is 0.306 e. The number of carboxylic acid groups (broad SMARTS) is 1. The Morgan fingerprint density at radius 3 is 2.24 bits per heavy atom. The first-order valence-electron chi connectivity index (χ1n) is 20.5. The van der Waals surface area contributed by atoms with E-state index in [0.717, 1.165) is 69.6 Å². The summed E-state index contributed by atoms with van der Waals surface area (Å²) < 4.78 is 24.2.